The van der Waals surface area contributed by atoms with Gasteiger partial charge in [0.2, 0.25) is 10.0 Å². The fourth-order valence-corrected chi connectivity index (χ4v) is 4.56. The van der Waals surface area contributed by atoms with Gasteiger partial charge >= 0.3 is 0 Å². The van der Waals surface area contributed by atoms with E-state index in [0.717, 1.165) is 6.54 Å². The van der Waals surface area contributed by atoms with E-state index in [4.69, 9.17) is 5.11 Å². The summed E-state index contributed by atoms with van der Waals surface area (Å²) in [5.41, 5.74) is -0.0323. The van der Waals surface area contributed by atoms with Gasteiger partial charge in [0, 0.05) is 36.2 Å². The topological polar surface area (TPSA) is 60.9 Å². The zero-order chi connectivity index (χ0) is 15.6. The van der Waals surface area contributed by atoms with Crippen molar-refractivity contribution >= 4 is 26.0 Å². The molecule has 2 rings (SSSR count). The van der Waals surface area contributed by atoms with Gasteiger partial charge in [-0.2, -0.15) is 4.31 Å². The first kappa shape index (κ1) is 16.8. The molecule has 0 atom stereocenters. The third-order valence-electron chi connectivity index (χ3n) is 3.65. The maximum absolute atomic E-state index is 14.2. The van der Waals surface area contributed by atoms with Crippen molar-refractivity contribution in [3.8, 4) is 0 Å². The SMILES string of the molecule is CCN1CCN(S(=O)(=O)c2cc(Br)cc(CO)c2F)CC1. The fourth-order valence-electron chi connectivity index (χ4n) is 2.35. The van der Waals surface area contributed by atoms with Crippen LogP contribution in [0.3, 0.4) is 0 Å². The lowest BCUT2D eigenvalue weighted by atomic mass is 10.2. The Bertz CT molecular complexity index is 616. The molecule has 0 aromatic heterocycles. The van der Waals surface area contributed by atoms with E-state index in [0.29, 0.717) is 30.7 Å². The van der Waals surface area contributed by atoms with Crippen molar-refractivity contribution in [1.82, 2.24) is 9.21 Å². The summed E-state index contributed by atoms with van der Waals surface area (Å²) in [5, 5.41) is 9.13. The molecule has 0 saturated carbocycles. The standard InChI is InChI=1S/C13H18BrFN2O3S/c1-2-16-3-5-17(6-4-16)21(19,20)12-8-11(14)7-10(9-18)13(12)15/h7-8,18H,2-6,9H2,1H3. The van der Waals surface area contributed by atoms with Crippen molar-refractivity contribution in [3.05, 3.63) is 28.0 Å². The largest absolute Gasteiger partial charge is 0.392 e. The molecule has 1 heterocycles. The van der Waals surface area contributed by atoms with Gasteiger partial charge < -0.3 is 10.0 Å². The van der Waals surface area contributed by atoms with Gasteiger partial charge in [-0.25, -0.2) is 12.8 Å². The molecule has 1 N–H and O–H groups in total. The molecule has 1 fully saturated rings. The van der Waals surface area contributed by atoms with Crippen LogP contribution in [0.1, 0.15) is 12.5 Å². The lowest BCUT2D eigenvalue weighted by Crippen LogP contribution is -2.48. The highest BCUT2D eigenvalue weighted by Gasteiger charge is 2.31. The van der Waals surface area contributed by atoms with Gasteiger partial charge in [0.1, 0.15) is 10.7 Å². The van der Waals surface area contributed by atoms with Gasteiger partial charge in [-0.05, 0) is 18.7 Å². The van der Waals surface area contributed by atoms with Crippen LogP contribution in [0.4, 0.5) is 4.39 Å². The van der Waals surface area contributed by atoms with E-state index in [1.165, 1.54) is 16.4 Å². The molecule has 118 valence electrons. The Kier molecular flexibility index (Phi) is 5.37. The molecule has 21 heavy (non-hydrogen) atoms. The van der Waals surface area contributed by atoms with Crippen molar-refractivity contribution in [2.24, 2.45) is 0 Å². The molecule has 0 amide bonds. The minimum absolute atomic E-state index is 0.0323. The van der Waals surface area contributed by atoms with Gasteiger partial charge in [0.05, 0.1) is 6.61 Å². The molecule has 1 aromatic carbocycles. The summed E-state index contributed by atoms with van der Waals surface area (Å²) >= 11 is 3.16. The highest BCUT2D eigenvalue weighted by atomic mass is 79.9. The number of halogens is 2. The van der Waals surface area contributed by atoms with Crippen molar-refractivity contribution in [2.45, 2.75) is 18.4 Å². The molecule has 8 heteroatoms. The molecule has 0 spiro atoms. The number of hydrogen-bond donors (Lipinski definition) is 1. The van der Waals surface area contributed by atoms with E-state index in [9.17, 15) is 12.8 Å². The highest BCUT2D eigenvalue weighted by Crippen LogP contribution is 2.27. The first-order chi connectivity index (χ1) is 9.90. The number of sulfonamides is 1. The summed E-state index contributed by atoms with van der Waals surface area (Å²) in [4.78, 5) is 1.76. The van der Waals surface area contributed by atoms with Gasteiger partial charge in [-0.15, -0.1) is 0 Å². The van der Waals surface area contributed by atoms with Crippen molar-refractivity contribution in [3.63, 3.8) is 0 Å². The lowest BCUT2D eigenvalue weighted by Gasteiger charge is -2.33. The third kappa shape index (κ3) is 3.45. The summed E-state index contributed by atoms with van der Waals surface area (Å²) in [6.45, 7) is 4.31. The molecule has 0 radical (unpaired) electrons. The zero-order valence-electron chi connectivity index (χ0n) is 11.7. The Labute approximate surface area is 132 Å². The van der Waals surface area contributed by atoms with Crippen molar-refractivity contribution in [2.75, 3.05) is 32.7 Å². The molecule has 1 saturated heterocycles. The number of aliphatic hydroxyl groups is 1. The molecule has 1 aliphatic heterocycles. The summed E-state index contributed by atoms with van der Waals surface area (Å²) in [6, 6.07) is 2.62. The Hall–Kier alpha value is -0.540. The van der Waals surface area contributed by atoms with E-state index >= 15 is 0 Å². The summed E-state index contributed by atoms with van der Waals surface area (Å²) in [6.07, 6.45) is 0. The maximum Gasteiger partial charge on any atom is 0.246 e. The van der Waals surface area contributed by atoms with Gasteiger partial charge in [-0.1, -0.05) is 22.9 Å². The lowest BCUT2D eigenvalue weighted by molar-refractivity contribution is 0.196. The Morgan fingerprint density at radius 1 is 1.29 bits per heavy atom. The van der Waals surface area contributed by atoms with Crippen molar-refractivity contribution in [1.29, 1.82) is 0 Å². The number of likely N-dealkylation sites (N-methyl/N-ethyl adjacent to an activating group) is 1. The molecule has 5 nitrogen and oxygen atoms in total. The summed E-state index contributed by atoms with van der Waals surface area (Å²) < 4.78 is 41.2. The smallest absolute Gasteiger partial charge is 0.246 e. The van der Waals surface area contributed by atoms with Crippen LogP contribution in [0.25, 0.3) is 0 Å². The van der Waals surface area contributed by atoms with Crippen LogP contribution < -0.4 is 0 Å². The zero-order valence-corrected chi connectivity index (χ0v) is 14.1. The van der Waals surface area contributed by atoms with Crippen LogP contribution in [0.2, 0.25) is 0 Å². The number of nitrogens with zero attached hydrogens (tertiary/aromatic N) is 2. The third-order valence-corrected chi connectivity index (χ3v) is 6.00. The van der Waals surface area contributed by atoms with Crippen molar-refractivity contribution < 1.29 is 17.9 Å². The summed E-state index contributed by atoms with van der Waals surface area (Å²) in [5.74, 6) is -0.876. The number of rotatable bonds is 4. The van der Waals surface area contributed by atoms with Gasteiger partial charge in [-0.3, -0.25) is 0 Å². The second kappa shape index (κ2) is 6.70. The van der Waals surface area contributed by atoms with E-state index in [1.54, 1.807) is 0 Å². The van der Waals surface area contributed by atoms with Gasteiger partial charge in [0.25, 0.3) is 0 Å². The van der Waals surface area contributed by atoms with Crippen LogP contribution in [0.5, 0.6) is 0 Å². The average Bonchev–Trinajstić information content (AvgIpc) is 2.49. The maximum atomic E-state index is 14.2. The molecule has 1 aromatic rings. The first-order valence-electron chi connectivity index (χ1n) is 6.71. The van der Waals surface area contributed by atoms with E-state index < -0.39 is 22.4 Å². The molecular formula is C13H18BrFN2O3S. The van der Waals surface area contributed by atoms with E-state index in [2.05, 4.69) is 20.8 Å². The Morgan fingerprint density at radius 2 is 1.90 bits per heavy atom. The molecule has 0 aliphatic carbocycles. The average molecular weight is 381 g/mol. The van der Waals surface area contributed by atoms with E-state index in [1.807, 2.05) is 6.92 Å². The van der Waals surface area contributed by atoms with Crippen LogP contribution in [-0.4, -0.2) is 55.5 Å². The molecular weight excluding hydrogens is 363 g/mol. The predicted octanol–water partition coefficient (Wildman–Crippen LogP) is 1.41. The van der Waals surface area contributed by atoms with Crippen LogP contribution >= 0.6 is 15.9 Å². The molecule has 0 unspecified atom stereocenters. The number of aliphatic hydroxyl groups excluding tert-OH is 1. The Balaban J connectivity index is 2.34. The fraction of sp³-hybridized carbons (Fsp3) is 0.538. The van der Waals surface area contributed by atoms with Crippen LogP contribution in [0, 0.1) is 5.82 Å². The monoisotopic (exact) mass is 380 g/mol. The predicted molar refractivity (Wildman–Crippen MR) is 80.9 cm³/mol. The van der Waals surface area contributed by atoms with Crippen LogP contribution in [-0.2, 0) is 16.6 Å². The van der Waals surface area contributed by atoms with Crippen LogP contribution in [0.15, 0.2) is 21.5 Å². The first-order valence-corrected chi connectivity index (χ1v) is 8.94. The minimum Gasteiger partial charge on any atom is -0.392 e. The number of hydrogen-bond acceptors (Lipinski definition) is 4. The summed E-state index contributed by atoms with van der Waals surface area (Å²) in [7, 11) is -3.89. The Morgan fingerprint density at radius 3 is 2.43 bits per heavy atom. The highest BCUT2D eigenvalue weighted by molar-refractivity contribution is 9.10. The number of benzene rings is 1. The number of piperazine rings is 1. The second-order valence-electron chi connectivity index (χ2n) is 4.87. The molecule has 1 aliphatic rings. The normalized spacial score (nSPS) is 18.1. The van der Waals surface area contributed by atoms with E-state index in [-0.39, 0.29) is 10.5 Å². The second-order valence-corrected chi connectivity index (χ2v) is 7.70. The minimum atomic E-state index is -3.89. The molecule has 0 bridgehead atoms. The van der Waals surface area contributed by atoms with Gasteiger partial charge in [0.15, 0.2) is 0 Å². The quantitative estimate of drug-likeness (QED) is 0.857.